The molecular formula is C24H25BrN4. The van der Waals surface area contributed by atoms with Gasteiger partial charge in [-0.05, 0) is 61.2 Å². The average molecular weight is 449 g/mol. The second-order valence-corrected chi connectivity index (χ2v) is 7.78. The highest BCUT2D eigenvalue weighted by Gasteiger charge is 2.07. The Labute approximate surface area is 180 Å². The molecule has 148 valence electrons. The molecule has 29 heavy (non-hydrogen) atoms. The highest BCUT2D eigenvalue weighted by Crippen LogP contribution is 2.25. The molecule has 0 aliphatic heterocycles. The van der Waals surface area contributed by atoms with Crippen LogP contribution in [-0.4, -0.2) is 15.0 Å². The monoisotopic (exact) mass is 448 g/mol. The molecule has 0 radical (unpaired) electrons. The fourth-order valence-electron chi connectivity index (χ4n) is 3.01. The van der Waals surface area contributed by atoms with Crippen LogP contribution >= 0.6 is 15.9 Å². The topological polar surface area (TPSA) is 64.7 Å². The summed E-state index contributed by atoms with van der Waals surface area (Å²) in [6.07, 6.45) is 7.25. The highest BCUT2D eigenvalue weighted by atomic mass is 79.9. The highest BCUT2D eigenvalue weighted by molar-refractivity contribution is 9.10. The lowest BCUT2D eigenvalue weighted by Gasteiger charge is -2.05. The SMILES string of the molecule is CCCCc1ccccc1C.Nc1nc(-c2ccncc2)nc2ccc(Br)cc12. The van der Waals surface area contributed by atoms with E-state index in [4.69, 9.17) is 5.73 Å². The van der Waals surface area contributed by atoms with Crippen molar-refractivity contribution >= 4 is 32.7 Å². The number of anilines is 1. The summed E-state index contributed by atoms with van der Waals surface area (Å²) in [7, 11) is 0. The maximum atomic E-state index is 5.98. The summed E-state index contributed by atoms with van der Waals surface area (Å²) in [4.78, 5) is 12.8. The molecule has 2 aromatic heterocycles. The van der Waals surface area contributed by atoms with Crippen LogP contribution in [0.15, 0.2) is 71.5 Å². The Balaban J connectivity index is 0.000000188. The number of nitrogens with zero attached hydrogens (tertiary/aromatic N) is 3. The number of rotatable bonds is 4. The van der Waals surface area contributed by atoms with E-state index < -0.39 is 0 Å². The smallest absolute Gasteiger partial charge is 0.162 e. The number of aryl methyl sites for hydroxylation is 2. The van der Waals surface area contributed by atoms with Gasteiger partial charge in [0.1, 0.15) is 5.82 Å². The maximum absolute atomic E-state index is 5.98. The quantitative estimate of drug-likeness (QED) is 0.393. The molecule has 2 heterocycles. The third-order valence-corrected chi connectivity index (χ3v) is 5.18. The molecule has 0 saturated carbocycles. The number of pyridine rings is 1. The Kier molecular flexibility index (Phi) is 7.30. The lowest BCUT2D eigenvalue weighted by molar-refractivity contribution is 0.791. The number of hydrogen-bond acceptors (Lipinski definition) is 4. The number of unbranched alkanes of at least 4 members (excludes halogenated alkanes) is 1. The first-order valence-corrected chi connectivity index (χ1v) is 10.6. The van der Waals surface area contributed by atoms with Gasteiger partial charge < -0.3 is 5.73 Å². The van der Waals surface area contributed by atoms with Crippen LogP contribution in [0.4, 0.5) is 5.82 Å². The molecule has 0 spiro atoms. The summed E-state index contributed by atoms with van der Waals surface area (Å²) in [6, 6.07) is 18.1. The van der Waals surface area contributed by atoms with Crippen LogP contribution in [0.5, 0.6) is 0 Å². The number of fused-ring (bicyclic) bond motifs is 1. The van der Waals surface area contributed by atoms with Crippen molar-refractivity contribution in [1.82, 2.24) is 15.0 Å². The molecule has 4 nitrogen and oxygen atoms in total. The van der Waals surface area contributed by atoms with E-state index in [1.54, 1.807) is 12.4 Å². The lowest BCUT2D eigenvalue weighted by atomic mass is 10.0. The summed E-state index contributed by atoms with van der Waals surface area (Å²) < 4.78 is 0.960. The van der Waals surface area contributed by atoms with Gasteiger partial charge in [-0.2, -0.15) is 0 Å². The molecule has 2 aromatic carbocycles. The summed E-state index contributed by atoms with van der Waals surface area (Å²) in [6.45, 7) is 4.42. The molecule has 0 saturated heterocycles. The van der Waals surface area contributed by atoms with Gasteiger partial charge in [-0.25, -0.2) is 9.97 Å². The van der Waals surface area contributed by atoms with Gasteiger partial charge in [-0.15, -0.1) is 0 Å². The average Bonchev–Trinajstić information content (AvgIpc) is 2.75. The number of aromatic nitrogens is 3. The summed E-state index contributed by atoms with van der Waals surface area (Å²) >= 11 is 3.41. The molecule has 5 heteroatoms. The van der Waals surface area contributed by atoms with Gasteiger partial charge in [-0.1, -0.05) is 53.5 Å². The second kappa shape index (κ2) is 10.1. The molecule has 0 amide bonds. The van der Waals surface area contributed by atoms with Crippen molar-refractivity contribution in [2.45, 2.75) is 33.1 Å². The van der Waals surface area contributed by atoms with E-state index in [1.807, 2.05) is 30.3 Å². The zero-order valence-corrected chi connectivity index (χ0v) is 18.4. The first kappa shape index (κ1) is 20.9. The number of hydrogen-bond donors (Lipinski definition) is 1. The first-order valence-electron chi connectivity index (χ1n) is 9.76. The van der Waals surface area contributed by atoms with Crippen LogP contribution in [0.1, 0.15) is 30.9 Å². The third kappa shape index (κ3) is 5.61. The van der Waals surface area contributed by atoms with Gasteiger partial charge in [-0.3, -0.25) is 4.98 Å². The van der Waals surface area contributed by atoms with Crippen LogP contribution in [0, 0.1) is 6.92 Å². The van der Waals surface area contributed by atoms with Crippen molar-refractivity contribution in [3.8, 4) is 11.4 Å². The number of nitrogen functional groups attached to an aromatic ring is 1. The van der Waals surface area contributed by atoms with Crippen LogP contribution < -0.4 is 5.73 Å². The minimum Gasteiger partial charge on any atom is -0.383 e. The summed E-state index contributed by atoms with van der Waals surface area (Å²) in [5, 5.41) is 0.849. The zero-order chi connectivity index (χ0) is 20.6. The van der Waals surface area contributed by atoms with E-state index in [-0.39, 0.29) is 0 Å². The minimum absolute atomic E-state index is 0.480. The first-order chi connectivity index (χ1) is 14.1. The molecule has 0 bridgehead atoms. The largest absolute Gasteiger partial charge is 0.383 e. The Morgan fingerprint density at radius 1 is 0.966 bits per heavy atom. The fraction of sp³-hybridized carbons (Fsp3) is 0.208. The van der Waals surface area contributed by atoms with Crippen molar-refractivity contribution in [2.75, 3.05) is 5.73 Å². The number of benzene rings is 2. The van der Waals surface area contributed by atoms with Crippen LogP contribution in [0.3, 0.4) is 0 Å². The molecule has 0 aliphatic rings. The fourth-order valence-corrected chi connectivity index (χ4v) is 3.37. The van der Waals surface area contributed by atoms with Crippen LogP contribution in [0.25, 0.3) is 22.3 Å². The molecule has 0 atom stereocenters. The predicted octanol–water partition coefficient (Wildman–Crippen LogP) is 6.37. The Morgan fingerprint density at radius 2 is 1.72 bits per heavy atom. The summed E-state index contributed by atoms with van der Waals surface area (Å²) in [5.74, 6) is 1.10. The Morgan fingerprint density at radius 3 is 2.45 bits per heavy atom. The maximum Gasteiger partial charge on any atom is 0.162 e. The lowest BCUT2D eigenvalue weighted by Crippen LogP contribution is -1.97. The predicted molar refractivity (Wildman–Crippen MR) is 125 cm³/mol. The number of nitrogens with two attached hydrogens (primary N) is 1. The normalized spacial score (nSPS) is 10.4. The number of halogens is 1. The van der Waals surface area contributed by atoms with E-state index in [0.717, 1.165) is 20.9 Å². The van der Waals surface area contributed by atoms with Crippen molar-refractivity contribution in [3.05, 3.63) is 82.6 Å². The van der Waals surface area contributed by atoms with Gasteiger partial charge in [0.15, 0.2) is 5.82 Å². The Hall–Kier alpha value is -2.79. The van der Waals surface area contributed by atoms with Crippen molar-refractivity contribution in [1.29, 1.82) is 0 Å². The molecule has 4 aromatic rings. The van der Waals surface area contributed by atoms with Gasteiger partial charge >= 0.3 is 0 Å². The van der Waals surface area contributed by atoms with Gasteiger partial charge in [0.25, 0.3) is 0 Å². The molecule has 2 N–H and O–H groups in total. The van der Waals surface area contributed by atoms with E-state index in [0.29, 0.717) is 11.6 Å². The van der Waals surface area contributed by atoms with Crippen molar-refractivity contribution in [2.24, 2.45) is 0 Å². The van der Waals surface area contributed by atoms with Gasteiger partial charge in [0.05, 0.1) is 5.52 Å². The standard InChI is InChI=1S/C13H9BrN4.C11H16/c14-9-1-2-11-10(7-9)12(15)18-13(17-11)8-3-5-16-6-4-8;1-3-4-8-11-9-6-5-7-10(11)2/h1-7H,(H2,15,17,18);5-7,9H,3-4,8H2,1-2H3. The van der Waals surface area contributed by atoms with E-state index in [9.17, 15) is 0 Å². The molecular weight excluding hydrogens is 424 g/mol. The Bertz CT molecular complexity index is 1080. The molecule has 0 fully saturated rings. The van der Waals surface area contributed by atoms with Crippen molar-refractivity contribution < 1.29 is 0 Å². The van der Waals surface area contributed by atoms with Gasteiger partial charge in [0.2, 0.25) is 0 Å². The minimum atomic E-state index is 0.480. The summed E-state index contributed by atoms with van der Waals surface area (Å²) in [5.41, 5.74) is 10.7. The van der Waals surface area contributed by atoms with Crippen molar-refractivity contribution in [3.63, 3.8) is 0 Å². The third-order valence-electron chi connectivity index (χ3n) is 4.69. The van der Waals surface area contributed by atoms with Crippen LogP contribution in [-0.2, 0) is 6.42 Å². The molecule has 4 rings (SSSR count). The van der Waals surface area contributed by atoms with Gasteiger partial charge in [0, 0.05) is 27.8 Å². The molecule has 0 aliphatic carbocycles. The van der Waals surface area contributed by atoms with Crippen LogP contribution in [0.2, 0.25) is 0 Å². The molecule has 0 unspecified atom stereocenters. The van der Waals surface area contributed by atoms with E-state index >= 15 is 0 Å². The second-order valence-electron chi connectivity index (χ2n) is 6.86. The van der Waals surface area contributed by atoms with E-state index in [1.165, 1.54) is 30.4 Å². The zero-order valence-electron chi connectivity index (χ0n) is 16.8. The van der Waals surface area contributed by atoms with E-state index in [2.05, 4.69) is 69.0 Å².